The number of hydrogen-bond acceptors (Lipinski definition) is 18. The monoisotopic (exact) mass is 2040 g/mol. The number of nitriles is 1. The third kappa shape index (κ3) is 29.0. The van der Waals surface area contributed by atoms with Crippen molar-refractivity contribution in [3.05, 3.63) is 296 Å². The van der Waals surface area contributed by atoms with Gasteiger partial charge in [0.1, 0.15) is 57.3 Å². The lowest BCUT2D eigenvalue weighted by atomic mass is 9.97. The molecule has 0 unspecified atom stereocenters. The second kappa shape index (κ2) is 51.4. The molecule has 28 nitrogen and oxygen atoms in total. The van der Waals surface area contributed by atoms with Crippen molar-refractivity contribution in [2.24, 2.45) is 4.99 Å². The third-order valence-corrected chi connectivity index (χ3v) is 25.9. The Labute approximate surface area is 873 Å². The van der Waals surface area contributed by atoms with E-state index in [1.807, 2.05) is 113 Å². The molecule has 21 aromatic heterocycles. The highest BCUT2D eigenvalue weighted by molar-refractivity contribution is 6.35. The van der Waals surface area contributed by atoms with Gasteiger partial charge in [0, 0.05) is 179 Å². The normalized spacial score (nSPS) is 11.6. The van der Waals surface area contributed by atoms with E-state index in [9.17, 15) is 17.6 Å². The van der Waals surface area contributed by atoms with Crippen LogP contribution in [0.2, 0.25) is 5.02 Å². The zero-order chi connectivity index (χ0) is 107. The molecule has 22 rings (SSSR count). The highest BCUT2D eigenvalue weighted by Crippen LogP contribution is 2.38. The number of imidazole rings is 1. The highest BCUT2D eigenvalue weighted by atomic mass is 35.5. The number of nitrogens with zero attached hydrogens (tertiary/aromatic N) is 18. The molecule has 0 amide bonds. The fourth-order valence-electron chi connectivity index (χ4n) is 15.7. The summed E-state index contributed by atoms with van der Waals surface area (Å²) in [6.07, 6.45) is 35.2. The molecule has 0 saturated heterocycles. The maximum atomic E-state index is 13.1. The van der Waals surface area contributed by atoms with Gasteiger partial charge in [-0.15, -0.1) is 0 Å². The van der Waals surface area contributed by atoms with Gasteiger partial charge in [0.25, 0.3) is 0 Å². The summed E-state index contributed by atoms with van der Waals surface area (Å²) in [6.45, 7) is 57.5. The van der Waals surface area contributed by atoms with E-state index in [4.69, 9.17) is 22.6 Å². The summed E-state index contributed by atoms with van der Waals surface area (Å²) in [6, 6.07) is 22.5. The molecule has 33 heteroatoms. The molecule has 0 radical (unpaired) electrons. The first kappa shape index (κ1) is 114. The number of alkyl halides is 3. The number of fused-ring (bicyclic) bond motifs is 11. The molecular formula is C116H143ClF4N28. The van der Waals surface area contributed by atoms with Gasteiger partial charge in [-0.25, -0.2) is 68.7 Å². The number of H-pyrrole nitrogens is 9. The minimum absolute atomic E-state index is 0. The number of aryl methyl sites for hydroxylation is 3. The average molecular weight is 2040 g/mol. The largest absolute Gasteiger partial charge is 0.418 e. The van der Waals surface area contributed by atoms with Gasteiger partial charge in [-0.1, -0.05) is 192 Å². The SMILES string of the molecule is C.CC(C)c1cnc(N)c2c1CC=N2.CC(C)c1cnc2[nH]cc(C#N)c2c1.CC(C)c1cnc2[nH]cc(C(C)C)c2c1.CC(C)c1cnc2[nH]cc(C(F)(F)F)c2c1.CC(C)c1cnc2[nH]cc(Cl)c2c1.CC(C)c1cnc2[nH]cc(F)c2c1.CC(C)c1cnc2ccnn2c1.CC(C)c1cnc2nc[nH]c2c1.CCc1[nH]nc2ncc(C(C)C)cc12.Cc1[nH]nc2ncc(C(C)C)cc12.Cc1c[nH]c2ncc(C(C)C)cc12. The predicted molar refractivity (Wildman–Crippen MR) is 601 cm³/mol. The highest BCUT2D eigenvalue weighted by Gasteiger charge is 2.34. The molecule has 0 fully saturated rings. The Morgan fingerprint density at radius 1 is 0.409 bits per heavy atom. The van der Waals surface area contributed by atoms with Crippen LogP contribution < -0.4 is 5.73 Å². The molecule has 0 aromatic carbocycles. The summed E-state index contributed by atoms with van der Waals surface area (Å²) >= 11 is 5.98. The first-order valence-electron chi connectivity index (χ1n) is 50.5. The smallest absolute Gasteiger partial charge is 0.382 e. The number of rotatable bonds is 13. The van der Waals surface area contributed by atoms with Crippen molar-refractivity contribution < 1.29 is 17.6 Å². The maximum Gasteiger partial charge on any atom is 0.418 e. The van der Waals surface area contributed by atoms with Gasteiger partial charge in [0.15, 0.2) is 22.6 Å². The fourth-order valence-corrected chi connectivity index (χ4v) is 15.9. The van der Waals surface area contributed by atoms with E-state index in [0.717, 1.165) is 119 Å². The summed E-state index contributed by atoms with van der Waals surface area (Å²) in [5.41, 5.74) is 34.7. The Morgan fingerprint density at radius 2 is 0.819 bits per heavy atom. The van der Waals surface area contributed by atoms with Crippen LogP contribution in [0.4, 0.5) is 29.1 Å². The second-order valence-corrected chi connectivity index (χ2v) is 40.9. The Kier molecular flexibility index (Phi) is 39.3. The van der Waals surface area contributed by atoms with Crippen LogP contribution in [-0.2, 0) is 19.0 Å². The predicted octanol–water partition coefficient (Wildman–Crippen LogP) is 30.9. The fraction of sp³-hybridized carbons (Fsp3) is 0.371. The molecule has 0 spiro atoms. The van der Waals surface area contributed by atoms with Crippen LogP contribution in [0.1, 0.15) is 352 Å². The summed E-state index contributed by atoms with van der Waals surface area (Å²) in [7, 11) is 0. The van der Waals surface area contributed by atoms with Gasteiger partial charge in [0.2, 0.25) is 0 Å². The lowest BCUT2D eigenvalue weighted by Crippen LogP contribution is -2.03. The zero-order valence-corrected chi connectivity index (χ0v) is 90.5. The molecule has 0 bridgehead atoms. The van der Waals surface area contributed by atoms with Crippen molar-refractivity contribution in [1.82, 2.24) is 125 Å². The zero-order valence-electron chi connectivity index (χ0n) is 89.8. The Balaban J connectivity index is 0.000000156. The summed E-state index contributed by atoms with van der Waals surface area (Å²) in [4.78, 5) is 75.7. The molecule has 0 aliphatic carbocycles. The van der Waals surface area contributed by atoms with Gasteiger partial charge < -0.3 is 40.6 Å². The minimum Gasteiger partial charge on any atom is -0.382 e. The number of nitrogens with one attached hydrogen (secondary N) is 9. The van der Waals surface area contributed by atoms with Crippen LogP contribution in [0.15, 0.2) is 190 Å². The second-order valence-electron chi connectivity index (χ2n) is 40.5. The van der Waals surface area contributed by atoms with E-state index >= 15 is 0 Å². The number of hydrogen-bond donors (Lipinski definition) is 10. The standard InChI is InChI=1S/C13H18N2.C11H11F3N2.C11H11N3.C11H15N3.C11H14N2.C10H11ClN2.C10H11FN2.2C10H13N3.2C9H11N3.CH4/c1-8(2)10-5-11-12(9(3)4)7-15-13(11)14-6-10;1-6(2)7-3-8-9(11(12,13)14)5-16-10(8)15-4-7;1-7(2)8-3-10-9(4-12)6-14-11(10)13-5-8;1-4-10-9-5-8(7(2)3)6-12-11(9)14-13-10;1-7(2)9-4-10-8(3)5-12-11(10)13-6-9;2*1-6(2)7-3-8-9(11)5-13-10(8)12-4-7;1-6(2)8-4-9-7(3)12-13-10(9)11-5-8;1-6(2)8-5-13-10(11)9-7(8)3-4-12-9;1-6(2)7-3-8-9(10-4-7)12-5-11-8;1-7(2)8-5-10-9-3-4-11-12(9)6-8;/h5-9H,1-4H3,(H,14,15);3-6H,1-2H3,(H,15,16);3,5-7H,1-2H3,(H,13,14);5-7H,4H2,1-3H3,(H,12,13,14);4-7H,1-3H3,(H,12,13);2*3-6H,1-2H3,(H,12,13);4-6H,1-3H3,(H,11,12,13);4-6H,3H2,1-2H3,(H2,11,13);3-6H,1-2H3,(H,10,11,12);3-7H,1-2H3;1H4. The van der Waals surface area contributed by atoms with Crippen molar-refractivity contribution in [3.63, 3.8) is 0 Å². The Bertz CT molecular complexity index is 7610. The average Bonchev–Trinajstić information content (AvgIpc) is 1.64. The van der Waals surface area contributed by atoms with E-state index in [1.165, 1.54) is 89.2 Å². The number of aromatic nitrogens is 25. The van der Waals surface area contributed by atoms with E-state index in [1.54, 1.807) is 47.9 Å². The molecule has 1 aliphatic rings. The molecular weight excluding hydrogens is 1900 g/mol. The van der Waals surface area contributed by atoms with Crippen molar-refractivity contribution in [2.45, 2.75) is 284 Å². The first-order chi connectivity index (χ1) is 70.4. The number of nitrogen functional groups attached to an aromatic ring is 1. The van der Waals surface area contributed by atoms with Gasteiger partial charge in [-0.2, -0.15) is 33.7 Å². The Morgan fingerprint density at radius 3 is 1.35 bits per heavy atom. The first-order valence-corrected chi connectivity index (χ1v) is 50.9. The summed E-state index contributed by atoms with van der Waals surface area (Å²) < 4.78 is 52.8. The van der Waals surface area contributed by atoms with E-state index in [-0.39, 0.29) is 30.2 Å². The number of anilines is 1. The van der Waals surface area contributed by atoms with Crippen LogP contribution in [0.25, 0.3) is 105 Å². The molecule has 11 N–H and O–H groups in total. The molecule has 149 heavy (non-hydrogen) atoms. The molecule has 21 aromatic rings. The number of aliphatic imine (C=N–C) groups is 1. The van der Waals surface area contributed by atoms with E-state index in [0.29, 0.717) is 87.5 Å². The van der Waals surface area contributed by atoms with Crippen LogP contribution in [0, 0.1) is 31.0 Å². The molecule has 0 saturated carbocycles. The van der Waals surface area contributed by atoms with Crippen LogP contribution in [0.3, 0.4) is 0 Å². The number of halogens is 5. The maximum absolute atomic E-state index is 13.1. The third-order valence-electron chi connectivity index (χ3n) is 25.6. The summed E-state index contributed by atoms with van der Waals surface area (Å²) in [5.74, 6) is 5.97. The van der Waals surface area contributed by atoms with Gasteiger partial charge in [-0.05, 0) is 224 Å². The van der Waals surface area contributed by atoms with Crippen LogP contribution in [0.5, 0.6) is 0 Å². The van der Waals surface area contributed by atoms with Gasteiger partial charge >= 0.3 is 6.18 Å². The molecule has 782 valence electrons. The van der Waals surface area contributed by atoms with Crippen molar-refractivity contribution in [2.75, 3.05) is 5.73 Å². The van der Waals surface area contributed by atoms with Crippen molar-refractivity contribution in [1.29, 1.82) is 5.26 Å². The van der Waals surface area contributed by atoms with Crippen molar-refractivity contribution in [3.8, 4) is 6.07 Å². The van der Waals surface area contributed by atoms with Crippen LogP contribution in [-0.4, -0.2) is 131 Å². The quantitative estimate of drug-likeness (QED) is 0.0479. The van der Waals surface area contributed by atoms with E-state index < -0.39 is 11.7 Å². The van der Waals surface area contributed by atoms with E-state index in [2.05, 4.69) is 340 Å². The van der Waals surface area contributed by atoms with Gasteiger partial charge in [0.05, 0.1) is 39.6 Å². The van der Waals surface area contributed by atoms with Gasteiger partial charge in [-0.3, -0.25) is 15.2 Å². The topological polar surface area (TPSA) is 402 Å². The molecule has 0 atom stereocenters. The van der Waals surface area contributed by atoms with Crippen LogP contribution >= 0.6 is 11.6 Å². The lowest BCUT2D eigenvalue weighted by Gasteiger charge is -2.11. The summed E-state index contributed by atoms with van der Waals surface area (Å²) in [5, 5.41) is 35.3. The number of aromatic amines is 9. The molecule has 22 heterocycles. The number of pyridine rings is 10. The molecule has 1 aliphatic heterocycles. The Hall–Kier alpha value is -15.3. The number of nitrogens with two attached hydrogens (primary N) is 1. The minimum atomic E-state index is -4.34. The van der Waals surface area contributed by atoms with Crippen molar-refractivity contribution >= 4 is 134 Å². The lowest BCUT2D eigenvalue weighted by molar-refractivity contribution is -0.136.